The fourth-order valence-corrected chi connectivity index (χ4v) is 2.27. The van der Waals surface area contributed by atoms with Gasteiger partial charge in [0.15, 0.2) is 0 Å². The SMILES string of the molecule is O=[N+]([O-])c1cc([N+](=O)[O-])c2cc3ccccc3cc2c1. The normalized spacial score (nSPS) is 10.8. The van der Waals surface area contributed by atoms with Crippen LogP contribution in [0.15, 0.2) is 48.5 Å². The predicted molar refractivity (Wildman–Crippen MR) is 74.8 cm³/mol. The number of hydrogen-bond donors (Lipinski definition) is 0. The first kappa shape index (κ1) is 12.0. The molecule has 3 rings (SSSR count). The fourth-order valence-electron chi connectivity index (χ4n) is 2.27. The zero-order chi connectivity index (χ0) is 14.3. The fraction of sp³-hybridized carbons (Fsp3) is 0. The zero-order valence-electron chi connectivity index (χ0n) is 10.1. The van der Waals surface area contributed by atoms with Crippen LogP contribution in [0.1, 0.15) is 0 Å². The number of non-ortho nitro benzene ring substituents is 2. The number of rotatable bonds is 2. The lowest BCUT2D eigenvalue weighted by Crippen LogP contribution is -1.94. The van der Waals surface area contributed by atoms with Gasteiger partial charge in [0.2, 0.25) is 0 Å². The van der Waals surface area contributed by atoms with Gasteiger partial charge in [0, 0.05) is 6.07 Å². The molecule has 0 heterocycles. The van der Waals surface area contributed by atoms with Crippen molar-refractivity contribution in [2.24, 2.45) is 0 Å². The molecule has 6 heteroatoms. The molecule has 0 fully saturated rings. The van der Waals surface area contributed by atoms with E-state index in [0.717, 1.165) is 16.8 Å². The van der Waals surface area contributed by atoms with Crippen LogP contribution in [0.3, 0.4) is 0 Å². The van der Waals surface area contributed by atoms with Crippen LogP contribution in [-0.4, -0.2) is 9.85 Å². The van der Waals surface area contributed by atoms with E-state index in [4.69, 9.17) is 0 Å². The van der Waals surface area contributed by atoms with E-state index in [0.29, 0.717) is 10.8 Å². The maximum absolute atomic E-state index is 11.1. The molecular formula is C14H8N2O4. The van der Waals surface area contributed by atoms with E-state index in [-0.39, 0.29) is 11.4 Å². The lowest BCUT2D eigenvalue weighted by molar-refractivity contribution is -0.393. The summed E-state index contributed by atoms with van der Waals surface area (Å²) in [5.41, 5.74) is -0.528. The summed E-state index contributed by atoms with van der Waals surface area (Å²) in [5.74, 6) is 0. The van der Waals surface area contributed by atoms with Crippen molar-refractivity contribution < 1.29 is 9.85 Å². The summed E-state index contributed by atoms with van der Waals surface area (Å²) in [4.78, 5) is 20.8. The highest BCUT2D eigenvalue weighted by Gasteiger charge is 2.19. The summed E-state index contributed by atoms with van der Waals surface area (Å²) in [5, 5.41) is 24.6. The topological polar surface area (TPSA) is 86.3 Å². The number of nitro groups is 2. The lowest BCUT2D eigenvalue weighted by Gasteiger charge is -2.03. The quantitative estimate of drug-likeness (QED) is 0.401. The molecule has 6 nitrogen and oxygen atoms in total. The van der Waals surface area contributed by atoms with Gasteiger partial charge in [0.25, 0.3) is 11.4 Å². The van der Waals surface area contributed by atoms with Crippen LogP contribution in [0.5, 0.6) is 0 Å². The molecule has 98 valence electrons. The number of nitro benzene ring substituents is 2. The van der Waals surface area contributed by atoms with Crippen molar-refractivity contribution in [2.75, 3.05) is 0 Å². The van der Waals surface area contributed by atoms with Gasteiger partial charge in [-0.2, -0.15) is 0 Å². The molecule has 3 aromatic carbocycles. The average molecular weight is 268 g/mol. The van der Waals surface area contributed by atoms with E-state index < -0.39 is 9.85 Å². The smallest absolute Gasteiger partial charge is 0.258 e. The summed E-state index contributed by atoms with van der Waals surface area (Å²) >= 11 is 0. The molecule has 0 spiro atoms. The van der Waals surface area contributed by atoms with Gasteiger partial charge in [-0.1, -0.05) is 24.3 Å². The van der Waals surface area contributed by atoms with Gasteiger partial charge in [0.1, 0.15) is 0 Å². The molecule has 0 aliphatic rings. The minimum Gasteiger partial charge on any atom is -0.258 e. The van der Waals surface area contributed by atoms with E-state index in [1.54, 1.807) is 12.1 Å². The number of benzene rings is 3. The molecular weight excluding hydrogens is 260 g/mol. The van der Waals surface area contributed by atoms with Gasteiger partial charge in [-0.3, -0.25) is 20.2 Å². The van der Waals surface area contributed by atoms with Crippen LogP contribution < -0.4 is 0 Å². The van der Waals surface area contributed by atoms with Crippen LogP contribution in [0, 0.1) is 20.2 Å². The van der Waals surface area contributed by atoms with Crippen LogP contribution in [0.25, 0.3) is 21.5 Å². The summed E-state index contributed by atoms with van der Waals surface area (Å²) in [6, 6.07) is 13.2. The van der Waals surface area contributed by atoms with E-state index in [9.17, 15) is 20.2 Å². The van der Waals surface area contributed by atoms with Crippen LogP contribution >= 0.6 is 0 Å². The Labute approximate surface area is 112 Å². The first-order chi connectivity index (χ1) is 9.56. The Morgan fingerprint density at radius 1 is 0.750 bits per heavy atom. The number of fused-ring (bicyclic) bond motifs is 2. The third-order valence-electron chi connectivity index (χ3n) is 3.19. The second-order valence-corrected chi connectivity index (χ2v) is 4.40. The molecule has 3 aromatic rings. The highest BCUT2D eigenvalue weighted by Crippen LogP contribution is 2.33. The molecule has 0 atom stereocenters. The Bertz CT molecular complexity index is 874. The summed E-state index contributed by atoms with van der Waals surface area (Å²) in [7, 11) is 0. The van der Waals surface area contributed by atoms with Crippen molar-refractivity contribution in [2.45, 2.75) is 0 Å². The predicted octanol–water partition coefficient (Wildman–Crippen LogP) is 3.81. The molecule has 0 aliphatic heterocycles. The van der Waals surface area contributed by atoms with Gasteiger partial charge in [-0.05, 0) is 28.3 Å². The standard InChI is InChI=1S/C14H8N2O4/c17-15(18)12-6-11-5-9-3-1-2-4-10(9)7-13(11)14(8-12)16(19)20/h1-8H. The van der Waals surface area contributed by atoms with Crippen LogP contribution in [0.4, 0.5) is 11.4 Å². The van der Waals surface area contributed by atoms with Crippen molar-refractivity contribution in [3.63, 3.8) is 0 Å². The van der Waals surface area contributed by atoms with E-state index in [1.165, 1.54) is 6.07 Å². The Balaban J connectivity index is 2.46. The van der Waals surface area contributed by atoms with Crippen molar-refractivity contribution >= 4 is 32.9 Å². The van der Waals surface area contributed by atoms with Gasteiger partial charge in [-0.25, -0.2) is 0 Å². The molecule has 20 heavy (non-hydrogen) atoms. The monoisotopic (exact) mass is 268 g/mol. The van der Waals surface area contributed by atoms with Crippen molar-refractivity contribution in [3.05, 3.63) is 68.8 Å². The molecule has 0 aromatic heterocycles. The number of hydrogen-bond acceptors (Lipinski definition) is 4. The summed E-state index contributed by atoms with van der Waals surface area (Å²) < 4.78 is 0. The zero-order valence-corrected chi connectivity index (χ0v) is 10.1. The largest absolute Gasteiger partial charge is 0.284 e. The van der Waals surface area contributed by atoms with Crippen molar-refractivity contribution in [1.82, 2.24) is 0 Å². The highest BCUT2D eigenvalue weighted by atomic mass is 16.6. The molecule has 0 radical (unpaired) electrons. The lowest BCUT2D eigenvalue weighted by atomic mass is 10.0. The molecule has 0 saturated carbocycles. The van der Waals surface area contributed by atoms with Crippen molar-refractivity contribution in [3.8, 4) is 0 Å². The Morgan fingerprint density at radius 2 is 1.40 bits per heavy atom. The van der Waals surface area contributed by atoms with Gasteiger partial charge >= 0.3 is 0 Å². The van der Waals surface area contributed by atoms with Crippen molar-refractivity contribution in [1.29, 1.82) is 0 Å². The Kier molecular flexibility index (Phi) is 2.57. The summed E-state index contributed by atoms with van der Waals surface area (Å²) in [6.45, 7) is 0. The first-order valence-electron chi connectivity index (χ1n) is 5.81. The minimum atomic E-state index is -0.623. The molecule has 0 N–H and O–H groups in total. The maximum Gasteiger partial charge on any atom is 0.284 e. The van der Waals surface area contributed by atoms with E-state index in [2.05, 4.69) is 0 Å². The Hall–Kier alpha value is -3.02. The first-order valence-corrected chi connectivity index (χ1v) is 5.81. The Morgan fingerprint density at radius 3 is 2.00 bits per heavy atom. The molecule has 0 aliphatic carbocycles. The third kappa shape index (κ3) is 1.83. The third-order valence-corrected chi connectivity index (χ3v) is 3.19. The van der Waals surface area contributed by atoms with Crippen LogP contribution in [-0.2, 0) is 0 Å². The minimum absolute atomic E-state index is 0.250. The average Bonchev–Trinajstić information content (AvgIpc) is 2.43. The van der Waals surface area contributed by atoms with Gasteiger partial charge < -0.3 is 0 Å². The molecule has 0 saturated heterocycles. The van der Waals surface area contributed by atoms with E-state index in [1.807, 2.05) is 24.3 Å². The van der Waals surface area contributed by atoms with Crippen LogP contribution in [0.2, 0.25) is 0 Å². The maximum atomic E-state index is 11.1. The van der Waals surface area contributed by atoms with E-state index >= 15 is 0 Å². The number of nitrogens with zero attached hydrogens (tertiary/aromatic N) is 2. The highest BCUT2D eigenvalue weighted by molar-refractivity contribution is 6.03. The second kappa shape index (κ2) is 4.27. The molecule has 0 unspecified atom stereocenters. The molecule has 0 amide bonds. The van der Waals surface area contributed by atoms with Gasteiger partial charge in [-0.15, -0.1) is 0 Å². The second-order valence-electron chi connectivity index (χ2n) is 4.40. The molecule has 0 bridgehead atoms. The summed E-state index contributed by atoms with van der Waals surface area (Å²) in [6.07, 6.45) is 0. The van der Waals surface area contributed by atoms with Gasteiger partial charge in [0.05, 0.1) is 21.3 Å².